The van der Waals surface area contributed by atoms with Crippen molar-refractivity contribution in [3.63, 3.8) is 0 Å². The third-order valence-corrected chi connectivity index (χ3v) is 5.86. The number of esters is 1. The van der Waals surface area contributed by atoms with Crippen molar-refractivity contribution in [1.82, 2.24) is 14.2 Å². The number of hydrogen-bond donors (Lipinski definition) is 1. The van der Waals surface area contributed by atoms with Gasteiger partial charge in [0.25, 0.3) is 0 Å². The Kier molecular flexibility index (Phi) is 6.79. The van der Waals surface area contributed by atoms with Gasteiger partial charge in [-0.25, -0.2) is 13.2 Å². The Labute approximate surface area is 153 Å². The molecule has 2 rings (SSSR count). The zero-order valence-corrected chi connectivity index (χ0v) is 16.0. The molecule has 0 aromatic carbocycles. The molecule has 0 radical (unpaired) electrons. The zero-order chi connectivity index (χ0) is 19.3. The SMILES string of the molecule is CCOC(=O)c1cc(S(=O)(=O)N(C)CC(=O)NC[C@@H]2CCCO2)cn1C. The van der Waals surface area contributed by atoms with E-state index in [2.05, 4.69) is 5.32 Å². The number of aromatic nitrogens is 1. The summed E-state index contributed by atoms with van der Waals surface area (Å²) in [5.41, 5.74) is 0.127. The molecule has 1 aromatic rings. The lowest BCUT2D eigenvalue weighted by molar-refractivity contribution is -0.121. The molecule has 1 aliphatic rings. The van der Waals surface area contributed by atoms with Gasteiger partial charge in [-0.05, 0) is 25.8 Å². The number of carbonyl (C=O) groups is 2. The summed E-state index contributed by atoms with van der Waals surface area (Å²) in [6.07, 6.45) is 3.16. The third kappa shape index (κ3) is 4.83. The highest BCUT2D eigenvalue weighted by atomic mass is 32.2. The minimum absolute atomic E-state index is 0.0119. The van der Waals surface area contributed by atoms with E-state index in [0.29, 0.717) is 13.2 Å². The van der Waals surface area contributed by atoms with E-state index in [4.69, 9.17) is 9.47 Å². The van der Waals surface area contributed by atoms with Crippen LogP contribution in [0.15, 0.2) is 17.2 Å². The van der Waals surface area contributed by atoms with Crippen LogP contribution >= 0.6 is 0 Å². The van der Waals surface area contributed by atoms with Gasteiger partial charge in [0.05, 0.1) is 19.3 Å². The van der Waals surface area contributed by atoms with Crippen LogP contribution in [0.5, 0.6) is 0 Å². The highest BCUT2D eigenvalue weighted by molar-refractivity contribution is 7.89. The number of likely N-dealkylation sites (N-methyl/N-ethyl adjacent to an activating group) is 1. The van der Waals surface area contributed by atoms with Crippen molar-refractivity contribution in [2.24, 2.45) is 7.05 Å². The summed E-state index contributed by atoms with van der Waals surface area (Å²) in [4.78, 5) is 23.8. The van der Waals surface area contributed by atoms with Gasteiger partial charge in [-0.15, -0.1) is 0 Å². The molecule has 0 bridgehead atoms. The van der Waals surface area contributed by atoms with E-state index in [1.807, 2.05) is 0 Å². The molecule has 1 aliphatic heterocycles. The lowest BCUT2D eigenvalue weighted by Crippen LogP contribution is -2.40. The zero-order valence-electron chi connectivity index (χ0n) is 15.2. The predicted molar refractivity (Wildman–Crippen MR) is 93.2 cm³/mol. The number of nitrogens with one attached hydrogen (secondary N) is 1. The smallest absolute Gasteiger partial charge is 0.354 e. The molecule has 1 atom stereocenters. The van der Waals surface area contributed by atoms with E-state index in [-0.39, 0.29) is 29.8 Å². The molecule has 1 saturated heterocycles. The van der Waals surface area contributed by atoms with Crippen molar-refractivity contribution < 1.29 is 27.5 Å². The molecule has 0 saturated carbocycles. The van der Waals surface area contributed by atoms with Crippen LogP contribution in [0.2, 0.25) is 0 Å². The van der Waals surface area contributed by atoms with E-state index in [9.17, 15) is 18.0 Å². The van der Waals surface area contributed by atoms with Gasteiger partial charge in [0.15, 0.2) is 0 Å². The van der Waals surface area contributed by atoms with Gasteiger partial charge >= 0.3 is 5.97 Å². The molecule has 0 unspecified atom stereocenters. The topological polar surface area (TPSA) is 107 Å². The maximum Gasteiger partial charge on any atom is 0.354 e. The molecular formula is C16H25N3O6S. The van der Waals surface area contributed by atoms with E-state index in [1.54, 1.807) is 14.0 Å². The predicted octanol–water partition coefficient (Wildman–Crippen LogP) is 0.118. The molecule has 1 fully saturated rings. The van der Waals surface area contributed by atoms with E-state index in [1.165, 1.54) is 23.9 Å². The minimum atomic E-state index is -3.91. The third-order valence-electron chi connectivity index (χ3n) is 4.09. The number of amides is 1. The van der Waals surface area contributed by atoms with Gasteiger partial charge in [0, 0.05) is 33.4 Å². The molecule has 0 spiro atoms. The maximum absolute atomic E-state index is 12.6. The fourth-order valence-corrected chi connectivity index (χ4v) is 3.84. The highest BCUT2D eigenvalue weighted by Crippen LogP contribution is 2.18. The average Bonchev–Trinajstić information content (AvgIpc) is 3.22. The average molecular weight is 387 g/mol. The van der Waals surface area contributed by atoms with Crippen molar-refractivity contribution in [1.29, 1.82) is 0 Å². The first-order valence-corrected chi connectivity index (χ1v) is 9.87. The fraction of sp³-hybridized carbons (Fsp3) is 0.625. The van der Waals surface area contributed by atoms with Gasteiger partial charge in [0.2, 0.25) is 15.9 Å². The van der Waals surface area contributed by atoms with Crippen molar-refractivity contribution in [3.05, 3.63) is 18.0 Å². The summed E-state index contributed by atoms with van der Waals surface area (Å²) in [7, 11) is -1.04. The first kappa shape index (κ1) is 20.4. The fourth-order valence-electron chi connectivity index (χ4n) is 2.64. The summed E-state index contributed by atoms with van der Waals surface area (Å²) in [6, 6.07) is 1.24. The Balaban J connectivity index is 2.00. The molecule has 0 aliphatic carbocycles. The quantitative estimate of drug-likeness (QED) is 0.635. The van der Waals surface area contributed by atoms with Crippen LogP contribution in [0.4, 0.5) is 0 Å². The Morgan fingerprint density at radius 2 is 2.19 bits per heavy atom. The largest absolute Gasteiger partial charge is 0.461 e. The summed E-state index contributed by atoms with van der Waals surface area (Å²) < 4.78 is 37.9. The number of nitrogens with zero attached hydrogens (tertiary/aromatic N) is 2. The van der Waals surface area contributed by atoms with Crippen molar-refractivity contribution in [2.75, 3.05) is 33.4 Å². The maximum atomic E-state index is 12.6. The van der Waals surface area contributed by atoms with Gasteiger partial charge in [-0.3, -0.25) is 4.79 Å². The standard InChI is InChI=1S/C16H25N3O6S/c1-4-24-16(21)14-8-13(10-18(14)2)26(22,23)19(3)11-15(20)17-9-12-6-5-7-25-12/h8,10,12H,4-7,9,11H2,1-3H3,(H,17,20)/t12-/m0/s1. The number of carbonyl (C=O) groups excluding carboxylic acids is 2. The molecule has 10 heteroatoms. The summed E-state index contributed by atoms with van der Waals surface area (Å²) in [5, 5.41) is 2.68. The van der Waals surface area contributed by atoms with Crippen LogP contribution in [-0.2, 0) is 31.3 Å². The van der Waals surface area contributed by atoms with Gasteiger partial charge in [0.1, 0.15) is 10.6 Å². The molecule has 26 heavy (non-hydrogen) atoms. The Bertz CT molecular complexity index is 752. The van der Waals surface area contributed by atoms with Crippen LogP contribution in [0.25, 0.3) is 0 Å². The first-order chi connectivity index (χ1) is 12.3. The molecule has 146 valence electrons. The van der Waals surface area contributed by atoms with Gasteiger partial charge in [-0.2, -0.15) is 4.31 Å². The molecule has 2 heterocycles. The van der Waals surface area contributed by atoms with Crippen LogP contribution < -0.4 is 5.32 Å². The second-order valence-electron chi connectivity index (χ2n) is 6.09. The monoisotopic (exact) mass is 387 g/mol. The second kappa shape index (κ2) is 8.65. The number of hydrogen-bond acceptors (Lipinski definition) is 6. The number of ether oxygens (including phenoxy) is 2. The van der Waals surface area contributed by atoms with E-state index >= 15 is 0 Å². The summed E-state index contributed by atoms with van der Waals surface area (Å²) in [5.74, 6) is -1.01. The Hall–Kier alpha value is -1.91. The number of aryl methyl sites for hydroxylation is 1. The van der Waals surface area contributed by atoms with Gasteiger partial charge < -0.3 is 19.4 Å². The normalized spacial score (nSPS) is 17.5. The number of rotatable bonds is 8. The lowest BCUT2D eigenvalue weighted by Gasteiger charge is -2.17. The van der Waals surface area contributed by atoms with Crippen molar-refractivity contribution >= 4 is 21.9 Å². The van der Waals surface area contributed by atoms with E-state index in [0.717, 1.165) is 17.1 Å². The van der Waals surface area contributed by atoms with Crippen LogP contribution in [0.1, 0.15) is 30.3 Å². The summed E-state index contributed by atoms with van der Waals surface area (Å²) >= 11 is 0. The number of sulfonamides is 1. The Morgan fingerprint density at radius 1 is 1.46 bits per heavy atom. The summed E-state index contributed by atoms with van der Waals surface area (Å²) in [6.45, 7) is 2.59. The van der Waals surface area contributed by atoms with Gasteiger partial charge in [-0.1, -0.05) is 0 Å². The van der Waals surface area contributed by atoms with Crippen molar-refractivity contribution in [2.45, 2.75) is 30.8 Å². The lowest BCUT2D eigenvalue weighted by atomic mass is 10.2. The van der Waals surface area contributed by atoms with Crippen LogP contribution in [-0.4, -0.2) is 68.6 Å². The van der Waals surface area contributed by atoms with E-state index < -0.39 is 21.9 Å². The Morgan fingerprint density at radius 3 is 2.81 bits per heavy atom. The molecule has 1 amide bonds. The second-order valence-corrected chi connectivity index (χ2v) is 8.14. The molecular weight excluding hydrogens is 362 g/mol. The molecule has 9 nitrogen and oxygen atoms in total. The molecule has 1 aromatic heterocycles. The minimum Gasteiger partial charge on any atom is -0.461 e. The van der Waals surface area contributed by atoms with Crippen LogP contribution in [0.3, 0.4) is 0 Å². The van der Waals surface area contributed by atoms with Crippen LogP contribution in [0, 0.1) is 0 Å². The van der Waals surface area contributed by atoms with Crippen molar-refractivity contribution in [3.8, 4) is 0 Å². The highest BCUT2D eigenvalue weighted by Gasteiger charge is 2.27. The molecule has 1 N–H and O–H groups in total. The first-order valence-electron chi connectivity index (χ1n) is 8.43.